The predicted octanol–water partition coefficient (Wildman–Crippen LogP) is 3.71. The normalized spacial score (nSPS) is 13.7. The van der Waals surface area contributed by atoms with E-state index in [0.717, 1.165) is 9.80 Å². The molecule has 4 rings (SSSR count). The van der Waals surface area contributed by atoms with Crippen LogP contribution in [-0.2, 0) is 37.0 Å². The average Bonchev–Trinajstić information content (AvgIpc) is 3.52. The van der Waals surface area contributed by atoms with E-state index in [1.807, 2.05) is 0 Å². The molecule has 5 N–H and O–H groups in total. The standard InChI is InChI=1S/C35H43N7O10/c1-20(2)26(31(44)45)40(34(48)51-17-22-12-8-6-9-13-22)16-24(41-19-37-25-28(41)38-33(36)39-29(25)43)30(50-5)42(27(21(3)4)32(46)47)35(49)52-18-23-14-10-7-11-15-23/h6-15,19-21,24,26-27,30H,16-18H2,1-5H3,(H,44,45)(H,46,47)(H3,36,38,39,43)/t24?,26-,27-,30?/m0/s1. The number of hydrogen-bond acceptors (Lipinski definition) is 11. The van der Waals surface area contributed by atoms with Crippen LogP contribution in [0.15, 0.2) is 71.8 Å². The van der Waals surface area contributed by atoms with Crippen LogP contribution >= 0.6 is 0 Å². The number of ether oxygens (including phenoxy) is 3. The van der Waals surface area contributed by atoms with Gasteiger partial charge in [0.25, 0.3) is 5.56 Å². The Hall–Kier alpha value is -5.97. The summed E-state index contributed by atoms with van der Waals surface area (Å²) < 4.78 is 18.5. The van der Waals surface area contributed by atoms with Gasteiger partial charge >= 0.3 is 24.1 Å². The minimum absolute atomic E-state index is 0.114. The maximum absolute atomic E-state index is 14.1. The Morgan fingerprint density at radius 2 is 1.37 bits per heavy atom. The number of benzene rings is 2. The number of nitrogens with two attached hydrogens (primary N) is 1. The van der Waals surface area contributed by atoms with Crippen molar-refractivity contribution in [2.24, 2.45) is 11.8 Å². The molecule has 52 heavy (non-hydrogen) atoms. The molecule has 4 aromatic rings. The summed E-state index contributed by atoms with van der Waals surface area (Å²) in [4.78, 5) is 79.1. The molecule has 0 saturated heterocycles. The van der Waals surface area contributed by atoms with Crippen LogP contribution in [0, 0.1) is 11.8 Å². The van der Waals surface area contributed by atoms with Crippen LogP contribution in [0.3, 0.4) is 0 Å². The Morgan fingerprint density at radius 1 is 0.846 bits per heavy atom. The Kier molecular flexibility index (Phi) is 12.9. The lowest BCUT2D eigenvalue weighted by Crippen LogP contribution is -2.59. The van der Waals surface area contributed by atoms with Crippen molar-refractivity contribution in [1.82, 2.24) is 29.3 Å². The van der Waals surface area contributed by atoms with E-state index < -0.39 is 72.4 Å². The van der Waals surface area contributed by atoms with Gasteiger partial charge in [-0.25, -0.2) is 24.2 Å². The van der Waals surface area contributed by atoms with Crippen molar-refractivity contribution < 1.29 is 43.6 Å². The minimum atomic E-state index is -1.61. The number of aromatic amines is 1. The lowest BCUT2D eigenvalue weighted by Gasteiger charge is -2.42. The van der Waals surface area contributed by atoms with Crippen molar-refractivity contribution in [3.8, 4) is 0 Å². The number of rotatable bonds is 16. The highest BCUT2D eigenvalue weighted by Gasteiger charge is 2.46. The molecule has 4 atom stereocenters. The largest absolute Gasteiger partial charge is 0.480 e. The summed E-state index contributed by atoms with van der Waals surface area (Å²) in [5.74, 6) is -4.44. The van der Waals surface area contributed by atoms with E-state index in [1.165, 1.54) is 18.0 Å². The Labute approximate surface area is 298 Å². The summed E-state index contributed by atoms with van der Waals surface area (Å²) in [7, 11) is 1.21. The summed E-state index contributed by atoms with van der Waals surface area (Å²) >= 11 is 0. The molecular weight excluding hydrogens is 678 g/mol. The van der Waals surface area contributed by atoms with Gasteiger partial charge in [0, 0.05) is 7.11 Å². The number of nitrogen functional groups attached to an aromatic ring is 1. The van der Waals surface area contributed by atoms with Gasteiger partial charge in [-0.05, 0) is 23.0 Å². The van der Waals surface area contributed by atoms with E-state index in [1.54, 1.807) is 88.4 Å². The summed E-state index contributed by atoms with van der Waals surface area (Å²) in [6.07, 6.45) is -2.55. The third kappa shape index (κ3) is 9.03. The molecular formula is C35H43N7O10. The molecule has 278 valence electrons. The first-order valence-corrected chi connectivity index (χ1v) is 16.4. The van der Waals surface area contributed by atoms with E-state index in [0.29, 0.717) is 11.1 Å². The van der Waals surface area contributed by atoms with Crippen molar-refractivity contribution in [3.63, 3.8) is 0 Å². The van der Waals surface area contributed by atoms with E-state index >= 15 is 0 Å². The molecule has 0 aliphatic heterocycles. The zero-order valence-corrected chi connectivity index (χ0v) is 29.4. The fourth-order valence-corrected chi connectivity index (χ4v) is 5.94. The molecule has 2 aromatic carbocycles. The number of amides is 2. The molecule has 2 amide bonds. The third-order valence-corrected chi connectivity index (χ3v) is 8.30. The number of hydrogen-bond donors (Lipinski definition) is 4. The van der Waals surface area contributed by atoms with Crippen molar-refractivity contribution in [2.75, 3.05) is 19.4 Å². The molecule has 0 spiro atoms. The second-order valence-corrected chi connectivity index (χ2v) is 12.7. The second-order valence-electron chi connectivity index (χ2n) is 12.7. The van der Waals surface area contributed by atoms with Crippen molar-refractivity contribution in [1.29, 1.82) is 0 Å². The van der Waals surface area contributed by atoms with Crippen molar-refractivity contribution in [3.05, 3.63) is 88.5 Å². The van der Waals surface area contributed by atoms with E-state index in [-0.39, 0.29) is 30.3 Å². The van der Waals surface area contributed by atoms with E-state index in [4.69, 9.17) is 19.9 Å². The highest BCUT2D eigenvalue weighted by atomic mass is 16.6. The summed E-state index contributed by atoms with van der Waals surface area (Å²) in [5.41, 5.74) is 6.15. The summed E-state index contributed by atoms with van der Waals surface area (Å²) in [6.45, 7) is 5.36. The molecule has 0 radical (unpaired) electrons. The number of carboxylic acid groups (broad SMARTS) is 2. The fraction of sp³-hybridized carbons (Fsp3) is 0.400. The molecule has 2 aromatic heterocycles. The molecule has 0 bridgehead atoms. The number of methoxy groups -OCH3 is 1. The van der Waals surface area contributed by atoms with E-state index in [9.17, 15) is 34.2 Å². The second kappa shape index (κ2) is 17.3. The molecule has 0 fully saturated rings. The molecule has 17 nitrogen and oxygen atoms in total. The van der Waals surface area contributed by atoms with Gasteiger partial charge in [0.05, 0.1) is 18.9 Å². The third-order valence-electron chi connectivity index (χ3n) is 8.30. The number of carbonyl (C=O) groups is 4. The number of fused-ring (bicyclic) bond motifs is 1. The lowest BCUT2D eigenvalue weighted by atomic mass is 10.00. The zero-order valence-electron chi connectivity index (χ0n) is 29.4. The van der Waals surface area contributed by atoms with Gasteiger partial charge in [-0.2, -0.15) is 4.98 Å². The van der Waals surface area contributed by atoms with Gasteiger partial charge in [-0.3, -0.25) is 19.6 Å². The number of anilines is 1. The number of nitrogens with one attached hydrogen (secondary N) is 1. The van der Waals surface area contributed by atoms with Gasteiger partial charge in [-0.15, -0.1) is 0 Å². The van der Waals surface area contributed by atoms with Crippen LogP contribution in [0.5, 0.6) is 0 Å². The maximum Gasteiger partial charge on any atom is 0.413 e. The number of aliphatic carboxylic acids is 2. The number of nitrogens with zero attached hydrogens (tertiary/aromatic N) is 5. The monoisotopic (exact) mass is 721 g/mol. The van der Waals surface area contributed by atoms with E-state index in [2.05, 4.69) is 15.0 Å². The first kappa shape index (κ1) is 38.8. The molecule has 2 heterocycles. The van der Waals surface area contributed by atoms with Gasteiger partial charge in [0.15, 0.2) is 17.4 Å². The van der Waals surface area contributed by atoms with Crippen molar-refractivity contribution >= 4 is 41.2 Å². The summed E-state index contributed by atoms with van der Waals surface area (Å²) in [6, 6.07) is 13.0. The van der Waals surface area contributed by atoms with Gasteiger partial charge in [0.2, 0.25) is 5.95 Å². The minimum Gasteiger partial charge on any atom is -0.480 e. The number of aromatic nitrogens is 4. The summed E-state index contributed by atoms with van der Waals surface area (Å²) in [5, 5.41) is 20.9. The van der Waals surface area contributed by atoms with Gasteiger partial charge in [0.1, 0.15) is 25.3 Å². The van der Waals surface area contributed by atoms with Crippen LogP contribution in [0.1, 0.15) is 44.9 Å². The molecule has 17 heteroatoms. The topological polar surface area (TPSA) is 232 Å². The van der Waals surface area contributed by atoms with Crippen LogP contribution in [0.25, 0.3) is 11.2 Å². The number of carbonyl (C=O) groups excluding carboxylic acids is 2. The molecule has 0 aliphatic rings. The highest BCUT2D eigenvalue weighted by Crippen LogP contribution is 2.30. The first-order chi connectivity index (χ1) is 24.7. The Morgan fingerprint density at radius 3 is 1.85 bits per heavy atom. The molecule has 0 aliphatic carbocycles. The van der Waals surface area contributed by atoms with Gasteiger partial charge in [-0.1, -0.05) is 88.4 Å². The predicted molar refractivity (Wildman–Crippen MR) is 187 cm³/mol. The lowest BCUT2D eigenvalue weighted by molar-refractivity contribution is -0.154. The Balaban J connectivity index is 1.91. The first-order valence-electron chi connectivity index (χ1n) is 16.4. The van der Waals surface area contributed by atoms with Crippen LogP contribution in [0.2, 0.25) is 0 Å². The molecule has 2 unspecified atom stereocenters. The maximum atomic E-state index is 14.1. The molecule has 0 saturated carbocycles. The van der Waals surface area contributed by atoms with Crippen LogP contribution < -0.4 is 11.3 Å². The van der Waals surface area contributed by atoms with Gasteiger partial charge < -0.3 is 34.7 Å². The average molecular weight is 722 g/mol. The number of H-pyrrole nitrogens is 1. The number of carboxylic acids is 2. The number of imidazole rings is 1. The van der Waals surface area contributed by atoms with Crippen molar-refractivity contribution in [2.45, 2.75) is 65.3 Å². The SMILES string of the molecule is COC(C(CN(C(=O)OCc1ccccc1)[C@H](C(=O)O)C(C)C)n1cnc2c(=O)[nH]c(N)nc21)N(C(=O)OCc1ccccc1)[C@H](C(=O)O)C(C)C. The van der Waals surface area contributed by atoms with Crippen LogP contribution in [0.4, 0.5) is 15.5 Å². The quantitative estimate of drug-likeness (QED) is 0.121. The fourth-order valence-electron chi connectivity index (χ4n) is 5.94. The Bertz CT molecular complexity index is 1900. The zero-order chi connectivity index (χ0) is 38.1. The van der Waals surface area contributed by atoms with Crippen LogP contribution in [-0.4, -0.2) is 95.6 Å². The highest BCUT2D eigenvalue weighted by molar-refractivity contribution is 5.81. The smallest absolute Gasteiger partial charge is 0.413 e.